The van der Waals surface area contributed by atoms with E-state index in [1.807, 2.05) is 0 Å². The average Bonchev–Trinajstić information content (AvgIpc) is 2.79. The molecule has 1 aromatic carbocycles. The van der Waals surface area contributed by atoms with E-state index in [-0.39, 0.29) is 0 Å². The first-order valence-electron chi connectivity index (χ1n) is 7.22. The van der Waals surface area contributed by atoms with Gasteiger partial charge in [-0.15, -0.1) is 0 Å². The molecule has 1 heterocycles. The molecule has 2 heteroatoms. The van der Waals surface area contributed by atoms with Crippen LogP contribution in [0.5, 0.6) is 0 Å². The van der Waals surface area contributed by atoms with Crippen LogP contribution in [0.25, 0.3) is 0 Å². The van der Waals surface area contributed by atoms with Crippen molar-refractivity contribution in [2.24, 2.45) is 0 Å². The van der Waals surface area contributed by atoms with Gasteiger partial charge in [-0.2, -0.15) is 0 Å². The number of hydrogen-bond donors (Lipinski definition) is 1. The summed E-state index contributed by atoms with van der Waals surface area (Å²) in [5.74, 6) is 0.705. The normalized spacial score (nSPS) is 35.4. The minimum Gasteiger partial charge on any atom is -0.377 e. The van der Waals surface area contributed by atoms with Gasteiger partial charge >= 0.3 is 0 Å². The molecule has 98 valence electrons. The summed E-state index contributed by atoms with van der Waals surface area (Å²) in [6, 6.07) is 9.97. The highest BCUT2D eigenvalue weighted by molar-refractivity contribution is 5.35. The highest BCUT2D eigenvalue weighted by Crippen LogP contribution is 2.37. The highest BCUT2D eigenvalue weighted by Gasteiger charge is 2.30. The van der Waals surface area contributed by atoms with Gasteiger partial charge in [0.2, 0.25) is 0 Å². The van der Waals surface area contributed by atoms with Crippen LogP contribution in [-0.4, -0.2) is 18.8 Å². The van der Waals surface area contributed by atoms with Crippen molar-refractivity contribution in [1.29, 1.82) is 0 Å². The van der Waals surface area contributed by atoms with Crippen molar-refractivity contribution in [1.82, 2.24) is 5.32 Å². The van der Waals surface area contributed by atoms with E-state index in [9.17, 15) is 0 Å². The average molecular weight is 245 g/mol. The van der Waals surface area contributed by atoms with E-state index < -0.39 is 0 Å². The molecular formula is C16H23NO. The van der Waals surface area contributed by atoms with Crippen molar-refractivity contribution >= 4 is 0 Å². The fraction of sp³-hybridized carbons (Fsp3) is 0.625. The molecule has 4 atom stereocenters. The molecule has 1 saturated heterocycles. The summed E-state index contributed by atoms with van der Waals surface area (Å²) in [5, 5.41) is 3.82. The number of hydrogen-bond acceptors (Lipinski definition) is 2. The summed E-state index contributed by atoms with van der Waals surface area (Å²) in [7, 11) is 0. The Hall–Kier alpha value is -0.860. The van der Waals surface area contributed by atoms with Crippen LogP contribution in [0.4, 0.5) is 0 Å². The molecule has 1 aliphatic heterocycles. The number of fused-ring (bicyclic) bond motifs is 1. The van der Waals surface area contributed by atoms with E-state index in [4.69, 9.17) is 4.74 Å². The predicted octanol–water partition coefficient (Wildman–Crippen LogP) is 3.39. The summed E-state index contributed by atoms with van der Waals surface area (Å²) < 4.78 is 5.65. The zero-order valence-electron chi connectivity index (χ0n) is 11.4. The van der Waals surface area contributed by atoms with Crippen LogP contribution >= 0.6 is 0 Å². The monoisotopic (exact) mass is 245 g/mol. The zero-order valence-corrected chi connectivity index (χ0v) is 11.4. The number of nitrogens with one attached hydrogen (secondary N) is 1. The number of benzene rings is 1. The Morgan fingerprint density at radius 3 is 2.56 bits per heavy atom. The van der Waals surface area contributed by atoms with Crippen LogP contribution in [0, 0.1) is 0 Å². The molecule has 0 amide bonds. The van der Waals surface area contributed by atoms with Gasteiger partial charge in [0, 0.05) is 18.7 Å². The summed E-state index contributed by atoms with van der Waals surface area (Å²) in [6.07, 6.45) is 4.05. The van der Waals surface area contributed by atoms with Crippen LogP contribution in [-0.2, 0) is 4.74 Å². The van der Waals surface area contributed by atoms with Crippen molar-refractivity contribution in [3.63, 3.8) is 0 Å². The molecule has 1 N–H and O–H groups in total. The van der Waals surface area contributed by atoms with Gasteiger partial charge in [-0.05, 0) is 43.2 Å². The summed E-state index contributed by atoms with van der Waals surface area (Å²) in [4.78, 5) is 0. The molecule has 1 fully saturated rings. The lowest BCUT2D eigenvalue weighted by Crippen LogP contribution is -2.39. The Kier molecular flexibility index (Phi) is 3.40. The molecule has 4 unspecified atom stereocenters. The van der Waals surface area contributed by atoms with Gasteiger partial charge in [-0.25, -0.2) is 0 Å². The van der Waals surface area contributed by atoms with Crippen LogP contribution in [0.15, 0.2) is 24.3 Å². The maximum absolute atomic E-state index is 5.65. The molecule has 0 aromatic heterocycles. The minimum absolute atomic E-state index is 0.358. The molecule has 2 aliphatic rings. The Balaban J connectivity index is 1.79. The molecule has 0 saturated carbocycles. The highest BCUT2D eigenvalue weighted by atomic mass is 16.5. The smallest absolute Gasteiger partial charge is 0.0700 e. The first-order chi connectivity index (χ1) is 8.75. The third-order valence-electron chi connectivity index (χ3n) is 4.58. The van der Waals surface area contributed by atoms with Gasteiger partial charge in [-0.1, -0.05) is 31.2 Å². The second-order valence-electron chi connectivity index (χ2n) is 5.80. The quantitative estimate of drug-likeness (QED) is 0.862. The molecule has 2 nitrogen and oxygen atoms in total. The van der Waals surface area contributed by atoms with Crippen LogP contribution in [0.2, 0.25) is 0 Å². The second-order valence-corrected chi connectivity index (χ2v) is 5.80. The maximum Gasteiger partial charge on any atom is 0.0700 e. The van der Waals surface area contributed by atoms with Gasteiger partial charge in [0.15, 0.2) is 0 Å². The summed E-state index contributed by atoms with van der Waals surface area (Å²) >= 11 is 0. The summed E-state index contributed by atoms with van der Waals surface area (Å²) in [5.41, 5.74) is 3.04. The van der Waals surface area contributed by atoms with E-state index >= 15 is 0 Å². The Bertz CT molecular complexity index is 417. The SMILES string of the molecule is CC1CCC(NC2CCOC2C)c2ccccc21. The van der Waals surface area contributed by atoms with E-state index in [1.54, 1.807) is 0 Å². The fourth-order valence-electron chi connectivity index (χ4n) is 3.39. The van der Waals surface area contributed by atoms with Crippen molar-refractivity contribution in [3.8, 4) is 0 Å². The first kappa shape index (κ1) is 12.2. The van der Waals surface area contributed by atoms with E-state index in [0.29, 0.717) is 24.1 Å². The van der Waals surface area contributed by atoms with E-state index in [0.717, 1.165) is 13.0 Å². The van der Waals surface area contributed by atoms with Gasteiger partial charge in [0.1, 0.15) is 0 Å². The van der Waals surface area contributed by atoms with Crippen molar-refractivity contribution < 1.29 is 4.74 Å². The van der Waals surface area contributed by atoms with Gasteiger partial charge in [0.25, 0.3) is 0 Å². The molecular weight excluding hydrogens is 222 g/mol. The molecule has 0 radical (unpaired) electrons. The molecule has 3 rings (SSSR count). The lowest BCUT2D eigenvalue weighted by molar-refractivity contribution is 0.110. The standard InChI is InChI=1S/C16H23NO/c1-11-7-8-16(14-6-4-3-5-13(11)14)17-15-9-10-18-12(15)2/h3-6,11-12,15-17H,7-10H2,1-2H3. The Morgan fingerprint density at radius 1 is 1.06 bits per heavy atom. The predicted molar refractivity (Wildman–Crippen MR) is 73.8 cm³/mol. The molecule has 1 aromatic rings. The Morgan fingerprint density at radius 2 is 1.83 bits per heavy atom. The largest absolute Gasteiger partial charge is 0.377 e. The second kappa shape index (κ2) is 5.02. The molecule has 0 spiro atoms. The van der Waals surface area contributed by atoms with Crippen molar-refractivity contribution in [3.05, 3.63) is 35.4 Å². The lowest BCUT2D eigenvalue weighted by Gasteiger charge is -2.33. The van der Waals surface area contributed by atoms with E-state index in [1.165, 1.54) is 24.0 Å². The lowest BCUT2D eigenvalue weighted by atomic mass is 9.80. The van der Waals surface area contributed by atoms with Crippen LogP contribution in [0.1, 0.15) is 56.2 Å². The van der Waals surface area contributed by atoms with Crippen LogP contribution in [0.3, 0.4) is 0 Å². The topological polar surface area (TPSA) is 21.3 Å². The van der Waals surface area contributed by atoms with E-state index in [2.05, 4.69) is 43.4 Å². The van der Waals surface area contributed by atoms with Gasteiger partial charge in [-0.3, -0.25) is 0 Å². The zero-order chi connectivity index (χ0) is 12.5. The third-order valence-corrected chi connectivity index (χ3v) is 4.58. The summed E-state index contributed by atoms with van der Waals surface area (Å²) in [6.45, 7) is 5.43. The Labute approximate surface area is 110 Å². The number of ether oxygens (including phenoxy) is 1. The fourth-order valence-corrected chi connectivity index (χ4v) is 3.39. The van der Waals surface area contributed by atoms with Crippen LogP contribution < -0.4 is 5.32 Å². The minimum atomic E-state index is 0.358. The third kappa shape index (κ3) is 2.19. The molecule has 0 bridgehead atoms. The number of rotatable bonds is 2. The van der Waals surface area contributed by atoms with Gasteiger partial charge < -0.3 is 10.1 Å². The van der Waals surface area contributed by atoms with Gasteiger partial charge in [0.05, 0.1) is 6.10 Å². The first-order valence-corrected chi connectivity index (χ1v) is 7.22. The van der Waals surface area contributed by atoms with Crippen molar-refractivity contribution in [2.45, 2.75) is 57.2 Å². The maximum atomic E-state index is 5.65. The molecule has 18 heavy (non-hydrogen) atoms. The van der Waals surface area contributed by atoms with Crippen molar-refractivity contribution in [2.75, 3.05) is 6.61 Å². The molecule has 1 aliphatic carbocycles.